The van der Waals surface area contributed by atoms with E-state index in [4.69, 9.17) is 4.74 Å². The summed E-state index contributed by atoms with van der Waals surface area (Å²) in [6, 6.07) is 7.69. The SMILES string of the molecule is COc1ccccc1C(=O)N1CCC(C)C1CBr. The van der Waals surface area contributed by atoms with Gasteiger partial charge in [0.05, 0.1) is 12.7 Å². The van der Waals surface area contributed by atoms with Crippen molar-refractivity contribution in [3.63, 3.8) is 0 Å². The molecular formula is C14H18BrNO2. The molecule has 18 heavy (non-hydrogen) atoms. The van der Waals surface area contributed by atoms with Crippen molar-refractivity contribution in [3.05, 3.63) is 29.8 Å². The minimum absolute atomic E-state index is 0.0706. The molecule has 2 rings (SSSR count). The Hall–Kier alpha value is -1.03. The molecule has 1 aromatic carbocycles. The van der Waals surface area contributed by atoms with Crippen molar-refractivity contribution in [2.75, 3.05) is 19.0 Å². The van der Waals surface area contributed by atoms with Crippen molar-refractivity contribution >= 4 is 21.8 Å². The monoisotopic (exact) mass is 311 g/mol. The highest BCUT2D eigenvalue weighted by molar-refractivity contribution is 9.09. The maximum atomic E-state index is 12.6. The Balaban J connectivity index is 2.26. The van der Waals surface area contributed by atoms with E-state index in [0.717, 1.165) is 18.3 Å². The zero-order chi connectivity index (χ0) is 13.1. The average molecular weight is 312 g/mol. The first-order valence-corrected chi connectivity index (χ1v) is 7.31. The molecule has 1 aromatic rings. The molecule has 1 heterocycles. The molecule has 1 aliphatic rings. The largest absolute Gasteiger partial charge is 0.496 e. The van der Waals surface area contributed by atoms with Gasteiger partial charge in [-0.15, -0.1) is 0 Å². The fourth-order valence-corrected chi connectivity index (χ4v) is 3.46. The predicted octanol–water partition coefficient (Wildman–Crippen LogP) is 2.94. The Morgan fingerprint density at radius 1 is 1.50 bits per heavy atom. The van der Waals surface area contributed by atoms with Crippen LogP contribution < -0.4 is 4.74 Å². The molecule has 3 nitrogen and oxygen atoms in total. The van der Waals surface area contributed by atoms with Gasteiger partial charge >= 0.3 is 0 Å². The van der Waals surface area contributed by atoms with Gasteiger partial charge in [0, 0.05) is 17.9 Å². The Bertz CT molecular complexity index is 436. The quantitative estimate of drug-likeness (QED) is 0.803. The average Bonchev–Trinajstić information content (AvgIpc) is 2.78. The van der Waals surface area contributed by atoms with Gasteiger partial charge in [-0.3, -0.25) is 4.79 Å². The fraction of sp³-hybridized carbons (Fsp3) is 0.500. The Labute approximate surface area is 116 Å². The van der Waals surface area contributed by atoms with Crippen LogP contribution in [0.15, 0.2) is 24.3 Å². The van der Waals surface area contributed by atoms with Crippen molar-refractivity contribution in [3.8, 4) is 5.75 Å². The van der Waals surface area contributed by atoms with Gasteiger partial charge in [-0.2, -0.15) is 0 Å². The van der Waals surface area contributed by atoms with Gasteiger partial charge in [0.2, 0.25) is 0 Å². The van der Waals surface area contributed by atoms with Gasteiger partial charge in [0.25, 0.3) is 5.91 Å². The number of carbonyl (C=O) groups excluding carboxylic acids is 1. The van der Waals surface area contributed by atoms with Gasteiger partial charge in [0.15, 0.2) is 0 Å². The molecule has 1 aliphatic heterocycles. The number of hydrogen-bond acceptors (Lipinski definition) is 2. The van der Waals surface area contributed by atoms with E-state index in [0.29, 0.717) is 17.2 Å². The van der Waals surface area contributed by atoms with Gasteiger partial charge in [-0.05, 0) is 24.5 Å². The van der Waals surface area contributed by atoms with Crippen LogP contribution in [0.3, 0.4) is 0 Å². The number of benzene rings is 1. The zero-order valence-corrected chi connectivity index (χ0v) is 12.3. The van der Waals surface area contributed by atoms with Crippen molar-refractivity contribution in [1.29, 1.82) is 0 Å². The van der Waals surface area contributed by atoms with Crippen molar-refractivity contribution in [2.45, 2.75) is 19.4 Å². The van der Waals surface area contributed by atoms with Gasteiger partial charge in [0.1, 0.15) is 5.75 Å². The number of amides is 1. The molecule has 2 atom stereocenters. The smallest absolute Gasteiger partial charge is 0.257 e. The van der Waals surface area contributed by atoms with E-state index in [1.807, 2.05) is 29.2 Å². The lowest BCUT2D eigenvalue weighted by molar-refractivity contribution is 0.0735. The maximum Gasteiger partial charge on any atom is 0.257 e. The summed E-state index contributed by atoms with van der Waals surface area (Å²) in [6.45, 7) is 3.02. The summed E-state index contributed by atoms with van der Waals surface area (Å²) in [5.41, 5.74) is 0.653. The minimum Gasteiger partial charge on any atom is -0.496 e. The molecule has 0 spiro atoms. The topological polar surface area (TPSA) is 29.5 Å². The molecule has 2 unspecified atom stereocenters. The van der Waals surface area contributed by atoms with Gasteiger partial charge in [-0.1, -0.05) is 35.0 Å². The van der Waals surface area contributed by atoms with Crippen molar-refractivity contribution in [2.24, 2.45) is 5.92 Å². The lowest BCUT2D eigenvalue weighted by Crippen LogP contribution is -2.38. The normalized spacial score (nSPS) is 23.2. The number of nitrogens with zero attached hydrogens (tertiary/aromatic N) is 1. The van der Waals surface area contributed by atoms with Crippen LogP contribution in [0.1, 0.15) is 23.7 Å². The Kier molecular flexibility index (Phi) is 4.27. The fourth-order valence-electron chi connectivity index (χ4n) is 2.47. The van der Waals surface area contributed by atoms with Crippen molar-refractivity contribution in [1.82, 2.24) is 4.90 Å². The maximum absolute atomic E-state index is 12.6. The first-order valence-electron chi connectivity index (χ1n) is 6.19. The summed E-state index contributed by atoms with van der Waals surface area (Å²) < 4.78 is 5.26. The molecular weight excluding hydrogens is 294 g/mol. The number of methoxy groups -OCH3 is 1. The zero-order valence-electron chi connectivity index (χ0n) is 10.7. The van der Waals surface area contributed by atoms with E-state index in [2.05, 4.69) is 22.9 Å². The van der Waals surface area contributed by atoms with Gasteiger partial charge in [-0.25, -0.2) is 0 Å². The Morgan fingerprint density at radius 3 is 2.89 bits per heavy atom. The predicted molar refractivity (Wildman–Crippen MR) is 75.4 cm³/mol. The second kappa shape index (κ2) is 5.74. The van der Waals surface area contributed by atoms with Gasteiger partial charge < -0.3 is 9.64 Å². The van der Waals surface area contributed by atoms with Crippen LogP contribution in [-0.4, -0.2) is 35.8 Å². The molecule has 1 saturated heterocycles. The number of likely N-dealkylation sites (tertiary alicyclic amines) is 1. The molecule has 1 amide bonds. The Morgan fingerprint density at radius 2 is 2.22 bits per heavy atom. The van der Waals surface area contributed by atoms with E-state index in [-0.39, 0.29) is 11.9 Å². The highest BCUT2D eigenvalue weighted by Crippen LogP contribution is 2.29. The van der Waals surface area contributed by atoms with E-state index < -0.39 is 0 Å². The summed E-state index contributed by atoms with van der Waals surface area (Å²) in [5.74, 6) is 1.26. The molecule has 1 fully saturated rings. The molecule has 4 heteroatoms. The molecule has 0 bridgehead atoms. The lowest BCUT2D eigenvalue weighted by atomic mass is 10.0. The molecule has 0 radical (unpaired) electrons. The summed E-state index contributed by atoms with van der Waals surface area (Å²) in [4.78, 5) is 14.5. The number of rotatable bonds is 3. The van der Waals surface area contributed by atoms with Crippen LogP contribution in [-0.2, 0) is 0 Å². The summed E-state index contributed by atoms with van der Waals surface area (Å²) in [7, 11) is 1.60. The number of alkyl halides is 1. The first kappa shape index (κ1) is 13.4. The third-order valence-corrected chi connectivity index (χ3v) is 4.30. The molecule has 0 N–H and O–H groups in total. The number of carbonyl (C=O) groups is 1. The van der Waals surface area contributed by atoms with Crippen molar-refractivity contribution < 1.29 is 9.53 Å². The van der Waals surface area contributed by atoms with E-state index in [9.17, 15) is 4.79 Å². The van der Waals surface area contributed by atoms with Crippen LogP contribution in [0.5, 0.6) is 5.75 Å². The van der Waals surface area contributed by atoms with Crippen LogP contribution >= 0.6 is 15.9 Å². The van der Waals surface area contributed by atoms with E-state index in [1.54, 1.807) is 7.11 Å². The van der Waals surface area contributed by atoms with Crippen LogP contribution in [0.25, 0.3) is 0 Å². The molecule has 98 valence electrons. The third-order valence-electron chi connectivity index (χ3n) is 3.64. The summed E-state index contributed by atoms with van der Waals surface area (Å²) >= 11 is 3.51. The molecule has 0 aliphatic carbocycles. The number of ether oxygens (including phenoxy) is 1. The first-order chi connectivity index (χ1) is 8.69. The molecule has 0 aromatic heterocycles. The number of para-hydroxylation sites is 1. The summed E-state index contributed by atoms with van der Waals surface area (Å²) in [5, 5.41) is 0.828. The highest BCUT2D eigenvalue weighted by Gasteiger charge is 2.34. The number of hydrogen-bond donors (Lipinski definition) is 0. The van der Waals surface area contributed by atoms with Crippen LogP contribution in [0.4, 0.5) is 0 Å². The summed E-state index contributed by atoms with van der Waals surface area (Å²) in [6.07, 6.45) is 1.07. The highest BCUT2D eigenvalue weighted by atomic mass is 79.9. The standard InChI is InChI=1S/C14H18BrNO2/c1-10-7-8-16(12(10)9-15)14(17)11-5-3-4-6-13(11)18-2/h3-6,10,12H,7-9H2,1-2H3. The lowest BCUT2D eigenvalue weighted by Gasteiger charge is -2.26. The van der Waals surface area contributed by atoms with Crippen LogP contribution in [0, 0.1) is 5.92 Å². The van der Waals surface area contributed by atoms with E-state index in [1.165, 1.54) is 0 Å². The van der Waals surface area contributed by atoms with E-state index >= 15 is 0 Å². The minimum atomic E-state index is 0.0706. The second-order valence-corrected chi connectivity index (χ2v) is 5.33. The second-order valence-electron chi connectivity index (χ2n) is 4.69. The third kappa shape index (κ3) is 2.39. The number of halogens is 1. The van der Waals surface area contributed by atoms with Crippen LogP contribution in [0.2, 0.25) is 0 Å². The molecule has 0 saturated carbocycles.